The van der Waals surface area contributed by atoms with E-state index >= 15 is 0 Å². The fourth-order valence-electron chi connectivity index (χ4n) is 0. The van der Waals surface area contributed by atoms with Crippen LogP contribution < -0.4 is 0 Å². The second-order valence-corrected chi connectivity index (χ2v) is 3.00. The fraction of sp³-hybridized carbons (Fsp3) is 0. The normalized spacial score (nSPS) is 9.00. The van der Waals surface area contributed by atoms with Gasteiger partial charge in [0.25, 0.3) is 0 Å². The SMILES string of the molecule is [F][Eu]([F])[F].[F][La]([F])[F]. The first-order valence-corrected chi connectivity index (χ1v) is 7.94. The Hall–Kier alpha value is 2.36. The van der Waals surface area contributed by atoms with Crippen LogP contribution in [0.4, 0.5) is 4.89 Å². The van der Waals surface area contributed by atoms with Gasteiger partial charge in [-0.15, -0.1) is 0 Å². The molecule has 0 heterocycles. The number of hydrogen-bond acceptors (Lipinski definition) is 0. The molecule has 8 heavy (non-hydrogen) atoms. The number of halogens is 6. The van der Waals surface area contributed by atoms with Crippen LogP contribution in [0, 0.1) is 77.3 Å². The van der Waals surface area contributed by atoms with Crippen LogP contribution in [0.3, 0.4) is 0 Å². The molecule has 0 saturated carbocycles. The summed E-state index contributed by atoms with van der Waals surface area (Å²) in [6.45, 7) is 0. The predicted molar refractivity (Wildman–Crippen MR) is 6.65 cm³/mol. The van der Waals surface area contributed by atoms with Crippen molar-refractivity contribution in [3.05, 3.63) is 0 Å². The van der Waals surface area contributed by atoms with Gasteiger partial charge in [0.05, 0.1) is 0 Å². The quantitative estimate of drug-likeness (QED) is 0.544. The third-order valence-electron chi connectivity index (χ3n) is 0. The van der Waals surface area contributed by atoms with E-state index in [9.17, 15) is 4.89 Å². The molecule has 0 fully saturated rings. The maximum absolute atomic E-state index is 9.89. The Morgan fingerprint density at radius 3 is 0.875 bits per heavy atom. The summed E-state index contributed by atoms with van der Waals surface area (Å²) in [6.07, 6.45) is 0. The van der Waals surface area contributed by atoms with Gasteiger partial charge in [-0.2, -0.15) is 0 Å². The molecule has 0 aliphatic rings. The van der Waals surface area contributed by atoms with Crippen LogP contribution in [-0.4, -0.2) is 0 Å². The van der Waals surface area contributed by atoms with E-state index in [0.717, 1.165) is 0 Å². The molecule has 0 atom stereocenters. The van der Waals surface area contributed by atoms with Crippen LogP contribution in [0.2, 0.25) is 0 Å². The Morgan fingerprint density at radius 2 is 0.875 bits per heavy atom. The molecular formula is EuF6La. The van der Waals surface area contributed by atoms with Crippen LogP contribution in [0.15, 0.2) is 0 Å². The first-order chi connectivity index (χ1) is 3.46. The average Bonchev–Trinajstić information content (AvgIpc) is 1.25. The van der Waals surface area contributed by atoms with Gasteiger partial charge in [-0.25, -0.2) is 0 Å². The zero-order valence-electron chi connectivity index (χ0n) is 3.22. The van der Waals surface area contributed by atoms with Crippen molar-refractivity contribution in [2.75, 3.05) is 0 Å². The van der Waals surface area contributed by atoms with E-state index in [1.54, 1.807) is 0 Å². The van der Waals surface area contributed by atoms with E-state index in [1.807, 2.05) is 0 Å². The molecule has 0 saturated heterocycles. The van der Waals surface area contributed by atoms with Gasteiger partial charge in [0.2, 0.25) is 0 Å². The molecule has 0 unspecified atom stereocenters. The van der Waals surface area contributed by atoms with Gasteiger partial charge in [-0.1, -0.05) is 0 Å². The minimum atomic E-state index is -5.22. The second kappa shape index (κ2) is 9.36. The van der Waals surface area contributed by atoms with E-state index in [4.69, 9.17) is 0 Å². The van der Waals surface area contributed by atoms with Crippen LogP contribution in [0.1, 0.15) is 0 Å². The molecule has 0 amide bonds. The van der Waals surface area contributed by atoms with Gasteiger partial charge in [-0.05, 0) is 0 Å². The summed E-state index contributed by atoms with van der Waals surface area (Å²) >= 11 is -10.2. The Morgan fingerprint density at radius 1 is 0.875 bits per heavy atom. The van der Waals surface area contributed by atoms with E-state index in [-0.39, 0.29) is 0 Å². The summed E-state index contributed by atoms with van der Waals surface area (Å²) in [6, 6.07) is 0. The maximum atomic E-state index is 9.89. The molecule has 0 nitrogen and oxygen atoms in total. The molecule has 0 bridgehead atoms. The van der Waals surface area contributed by atoms with Crippen molar-refractivity contribution in [2.45, 2.75) is 0 Å². The number of hydrogen-bond donors (Lipinski definition) is 0. The van der Waals surface area contributed by atoms with E-state index in [2.05, 4.69) is 0 Å². The molecule has 0 aromatic rings. The van der Waals surface area contributed by atoms with Crippen LogP contribution >= 0.6 is 0 Å². The van der Waals surface area contributed by atoms with Crippen molar-refractivity contribution in [2.24, 2.45) is 0 Å². The predicted octanol–water partition coefficient (Wildman–Crippen LogP) is 2.52. The summed E-state index contributed by atoms with van der Waals surface area (Å²) in [7, 11) is 0. The molecule has 8 heteroatoms. The Bertz CT molecular complexity index is 24.0. The first-order valence-electron chi connectivity index (χ1n) is 1.08. The molecule has 0 radical (unpaired) electrons. The van der Waals surface area contributed by atoms with Gasteiger partial charge >= 0.3 is 82.2 Å². The standard InChI is InChI=1S/Eu.6FH.La/h;6*1H;/q+3;;;;;;;+3/p-6. The molecule has 52 valence electrons. The van der Waals surface area contributed by atoms with E-state index in [0.29, 0.717) is 0 Å². The Balaban J connectivity index is 0. The van der Waals surface area contributed by atoms with Crippen molar-refractivity contribution in [1.29, 1.82) is 0 Å². The molecule has 0 aliphatic heterocycles. The fourth-order valence-corrected chi connectivity index (χ4v) is 0. The van der Waals surface area contributed by atoms with Gasteiger partial charge in [-0.3, -0.25) is 0 Å². The molecule has 0 aliphatic carbocycles. The third-order valence-corrected chi connectivity index (χ3v) is 0. The topological polar surface area (TPSA) is 0 Å². The summed E-state index contributed by atoms with van der Waals surface area (Å²) in [4.78, 5) is 0. The molecule has 0 N–H and O–H groups in total. The summed E-state index contributed by atoms with van der Waals surface area (Å²) in [5, 5.41) is 0. The van der Waals surface area contributed by atoms with Crippen molar-refractivity contribution >= 4 is 0 Å². The molecule has 0 rings (SSSR count). The monoisotopic (exact) mass is 406 g/mol. The molecule has 0 aromatic heterocycles. The van der Waals surface area contributed by atoms with Gasteiger partial charge in [0, 0.05) is 0 Å². The zero-order valence-corrected chi connectivity index (χ0v) is 9.27. The summed E-state index contributed by atoms with van der Waals surface area (Å²) in [5.74, 6) is 0. The van der Waals surface area contributed by atoms with Gasteiger partial charge < -0.3 is 0 Å². The van der Waals surface area contributed by atoms with Crippen LogP contribution in [0.25, 0.3) is 0 Å². The van der Waals surface area contributed by atoms with Crippen molar-refractivity contribution < 1.29 is 82.2 Å². The van der Waals surface area contributed by atoms with Crippen molar-refractivity contribution in [1.82, 2.24) is 0 Å². The minimum absolute atomic E-state index is 4.96. The van der Waals surface area contributed by atoms with Gasteiger partial charge in [0.15, 0.2) is 0 Å². The summed E-state index contributed by atoms with van der Waals surface area (Å²) < 4.78 is 59.2. The third kappa shape index (κ3) is 81.3. The number of rotatable bonds is 0. The molecule has 0 spiro atoms. The van der Waals surface area contributed by atoms with Crippen molar-refractivity contribution in [3.63, 3.8) is 0 Å². The summed E-state index contributed by atoms with van der Waals surface area (Å²) in [5.41, 5.74) is 0. The van der Waals surface area contributed by atoms with Crippen molar-refractivity contribution in [3.8, 4) is 0 Å². The molecule has 0 aromatic carbocycles. The second-order valence-electron chi connectivity index (χ2n) is 0.409. The van der Waals surface area contributed by atoms with E-state index in [1.165, 1.54) is 0 Å². The van der Waals surface area contributed by atoms with E-state index < -0.39 is 77.3 Å². The first kappa shape index (κ1) is 13.0. The molecular weight excluding hydrogens is 405 g/mol. The average molecular weight is 405 g/mol. The Kier molecular flexibility index (Phi) is 15.2. The van der Waals surface area contributed by atoms with Gasteiger partial charge in [0.1, 0.15) is 0 Å². The Labute approximate surface area is 79.9 Å². The van der Waals surface area contributed by atoms with Crippen LogP contribution in [0.5, 0.6) is 0 Å². The van der Waals surface area contributed by atoms with Crippen LogP contribution in [-0.2, 0) is 0 Å². The zero-order chi connectivity index (χ0) is 7.15.